The molecule has 0 aliphatic carbocycles. The number of halogens is 2. The van der Waals surface area contributed by atoms with Crippen LogP contribution in [0, 0.1) is 17.6 Å². The van der Waals surface area contributed by atoms with Gasteiger partial charge in [0.2, 0.25) is 5.43 Å². The van der Waals surface area contributed by atoms with Crippen LogP contribution in [0.25, 0.3) is 44.1 Å². The highest BCUT2D eigenvalue weighted by Gasteiger charge is 2.42. The minimum atomic E-state index is -1.39. The normalized spacial score (nSPS) is 19.4. The van der Waals surface area contributed by atoms with E-state index in [9.17, 15) is 24.2 Å². The molecule has 0 bridgehead atoms. The fourth-order valence-corrected chi connectivity index (χ4v) is 7.06. The van der Waals surface area contributed by atoms with Crippen LogP contribution in [0.1, 0.15) is 29.7 Å². The van der Waals surface area contributed by atoms with Gasteiger partial charge in [0.25, 0.3) is 0 Å². The third-order valence-corrected chi connectivity index (χ3v) is 9.20. The van der Waals surface area contributed by atoms with Crippen molar-refractivity contribution in [3.63, 3.8) is 0 Å². The summed E-state index contributed by atoms with van der Waals surface area (Å²) in [6, 6.07) is 2.25. The van der Waals surface area contributed by atoms with E-state index < -0.39 is 34.6 Å². The van der Waals surface area contributed by atoms with Crippen LogP contribution in [0.4, 0.5) is 20.2 Å². The van der Waals surface area contributed by atoms with Gasteiger partial charge in [-0.15, -0.1) is 0 Å². The summed E-state index contributed by atoms with van der Waals surface area (Å²) in [6.45, 7) is 3.78. The van der Waals surface area contributed by atoms with E-state index in [-0.39, 0.29) is 29.1 Å². The molecule has 7 rings (SSSR count). The number of aromatic carboxylic acids is 1. The third-order valence-electron chi connectivity index (χ3n) is 9.20. The first-order chi connectivity index (χ1) is 21.1. The van der Waals surface area contributed by atoms with Gasteiger partial charge in [-0.05, 0) is 32.4 Å². The second kappa shape index (κ2) is 10.2. The highest BCUT2D eigenvalue weighted by molar-refractivity contribution is 6.18. The molecule has 1 aromatic carbocycles. The number of benzene rings is 1. The number of carboxylic acid groups (broad SMARTS) is 1. The highest BCUT2D eigenvalue weighted by Crippen LogP contribution is 2.47. The standard InChI is InChI=1S/C31H31F2N7O4/c1-14(13-41)40-11-19(31(43)44)28(42)17-6-16(8-36-30(17)40)18-9-35-29-24(23-25(33)20(32)7-21(34-2)26(23)37-29)27(18)39-5-4-15-10-38(3)12-22(15)39/h6-9,11,14-15,22,34,41H,4-5,10,12-13H2,1-3H3,(H,35,37)(H,43,44)/t14?,15-,22+/m0/s1. The number of H-pyrrole nitrogens is 1. The van der Waals surface area contributed by atoms with E-state index in [1.807, 2.05) is 0 Å². The van der Waals surface area contributed by atoms with Crippen LogP contribution in [0.2, 0.25) is 0 Å². The molecule has 4 aromatic heterocycles. The van der Waals surface area contributed by atoms with Crippen LogP contribution < -0.4 is 15.6 Å². The van der Waals surface area contributed by atoms with E-state index >= 15 is 4.39 Å². The Balaban J connectivity index is 1.56. The van der Waals surface area contributed by atoms with E-state index in [1.165, 1.54) is 10.8 Å². The van der Waals surface area contributed by atoms with Crippen molar-refractivity contribution in [3.05, 3.63) is 58.1 Å². The summed E-state index contributed by atoms with van der Waals surface area (Å²) in [7, 11) is 3.69. The SMILES string of the molecule is CNc1cc(F)c(F)c2c1[nH]c1ncc(-c3cnc4c(c3)c(=O)c(C(=O)O)cn4C(C)CO)c(N3CC[C@H]4CN(C)C[C@H]43)c12. The smallest absolute Gasteiger partial charge is 0.341 e. The van der Waals surface area contributed by atoms with Crippen molar-refractivity contribution in [3.8, 4) is 11.1 Å². The number of likely N-dealkylation sites (tertiary alicyclic amines) is 1. The number of aromatic nitrogens is 4. The van der Waals surface area contributed by atoms with Crippen LogP contribution in [0.3, 0.4) is 0 Å². The van der Waals surface area contributed by atoms with Crippen molar-refractivity contribution in [2.24, 2.45) is 5.92 Å². The van der Waals surface area contributed by atoms with E-state index in [0.717, 1.165) is 25.6 Å². The zero-order valence-corrected chi connectivity index (χ0v) is 24.4. The first-order valence-corrected chi connectivity index (χ1v) is 14.5. The van der Waals surface area contributed by atoms with E-state index in [0.29, 0.717) is 51.5 Å². The summed E-state index contributed by atoms with van der Waals surface area (Å²) in [5.74, 6) is -3.00. The topological polar surface area (TPSA) is 140 Å². The maximum absolute atomic E-state index is 15.7. The quantitative estimate of drug-likeness (QED) is 0.228. The predicted molar refractivity (Wildman–Crippen MR) is 164 cm³/mol. The van der Waals surface area contributed by atoms with Gasteiger partial charge in [-0.2, -0.15) is 0 Å². The van der Waals surface area contributed by atoms with Crippen LogP contribution in [0.5, 0.6) is 0 Å². The van der Waals surface area contributed by atoms with Crippen LogP contribution in [-0.2, 0) is 0 Å². The lowest BCUT2D eigenvalue weighted by atomic mass is 9.99. The molecule has 44 heavy (non-hydrogen) atoms. The lowest BCUT2D eigenvalue weighted by Gasteiger charge is -2.29. The summed E-state index contributed by atoms with van der Waals surface area (Å²) < 4.78 is 32.2. The van der Waals surface area contributed by atoms with Gasteiger partial charge in [0.1, 0.15) is 16.9 Å². The molecule has 0 spiro atoms. The Bertz CT molecular complexity index is 2060. The van der Waals surface area contributed by atoms with Crippen molar-refractivity contribution in [1.82, 2.24) is 24.4 Å². The minimum absolute atomic E-state index is 0.0577. The van der Waals surface area contributed by atoms with Gasteiger partial charge in [-0.1, -0.05) is 0 Å². The Hall–Kier alpha value is -4.62. The Morgan fingerprint density at radius 3 is 2.73 bits per heavy atom. The van der Waals surface area contributed by atoms with Crippen LogP contribution >= 0.6 is 0 Å². The number of hydrogen-bond donors (Lipinski definition) is 4. The summed E-state index contributed by atoms with van der Waals surface area (Å²) in [4.78, 5) is 42.3. The Kier molecular flexibility index (Phi) is 6.55. The van der Waals surface area contributed by atoms with Gasteiger partial charge in [-0.25, -0.2) is 23.5 Å². The largest absolute Gasteiger partial charge is 0.477 e. The first kappa shape index (κ1) is 28.2. The molecule has 3 atom stereocenters. The molecule has 1 unspecified atom stereocenters. The number of carbonyl (C=O) groups is 1. The van der Waals surface area contributed by atoms with Gasteiger partial charge in [0, 0.05) is 68.5 Å². The summed E-state index contributed by atoms with van der Waals surface area (Å²) in [5, 5.41) is 23.1. The summed E-state index contributed by atoms with van der Waals surface area (Å²) in [6.07, 6.45) is 5.31. The van der Waals surface area contributed by atoms with Gasteiger partial charge >= 0.3 is 5.97 Å². The molecule has 13 heteroatoms. The van der Waals surface area contributed by atoms with E-state index in [2.05, 4.69) is 37.1 Å². The number of pyridine rings is 3. The number of carboxylic acids is 1. The van der Waals surface area contributed by atoms with Gasteiger partial charge in [-0.3, -0.25) is 4.79 Å². The number of aliphatic hydroxyl groups excluding tert-OH is 1. The summed E-state index contributed by atoms with van der Waals surface area (Å²) >= 11 is 0. The monoisotopic (exact) mass is 603 g/mol. The van der Waals surface area contributed by atoms with Crippen LogP contribution in [0.15, 0.2) is 35.5 Å². The molecular weight excluding hydrogens is 572 g/mol. The Morgan fingerprint density at radius 2 is 2.00 bits per heavy atom. The van der Waals surface area contributed by atoms with E-state index in [4.69, 9.17) is 0 Å². The molecule has 4 N–H and O–H groups in total. The van der Waals surface area contributed by atoms with Crippen molar-refractivity contribution in [2.45, 2.75) is 25.4 Å². The average molecular weight is 604 g/mol. The lowest BCUT2D eigenvalue weighted by Crippen LogP contribution is -2.35. The zero-order valence-electron chi connectivity index (χ0n) is 24.4. The second-order valence-corrected chi connectivity index (χ2v) is 11.8. The molecular formula is C31H31F2N7O4. The van der Waals surface area contributed by atoms with Gasteiger partial charge in [0.05, 0.1) is 45.7 Å². The van der Waals surface area contributed by atoms with Crippen molar-refractivity contribution in [1.29, 1.82) is 0 Å². The van der Waals surface area contributed by atoms with Crippen molar-refractivity contribution in [2.75, 3.05) is 50.6 Å². The molecule has 2 aliphatic heterocycles. The molecule has 2 fully saturated rings. The number of nitrogens with one attached hydrogen (secondary N) is 2. The predicted octanol–water partition coefficient (Wildman–Crippen LogP) is 3.80. The minimum Gasteiger partial charge on any atom is -0.477 e. The van der Waals surface area contributed by atoms with Gasteiger partial charge in [0.15, 0.2) is 11.6 Å². The maximum atomic E-state index is 15.7. The number of hydrogen-bond acceptors (Lipinski definition) is 8. The molecule has 0 saturated carbocycles. The fraction of sp³-hybridized carbons (Fsp3) is 0.355. The van der Waals surface area contributed by atoms with Crippen LogP contribution in [-0.4, -0.2) is 87.0 Å². The first-order valence-electron chi connectivity index (χ1n) is 14.5. The number of rotatable bonds is 6. The number of fused-ring (bicyclic) bond motifs is 5. The molecule has 2 saturated heterocycles. The molecule has 11 nitrogen and oxygen atoms in total. The molecule has 5 aromatic rings. The number of aromatic amines is 1. The number of likely N-dealkylation sites (N-methyl/N-ethyl adjacent to an activating group) is 1. The highest BCUT2D eigenvalue weighted by atomic mass is 19.2. The molecule has 228 valence electrons. The molecule has 6 heterocycles. The fourth-order valence-electron chi connectivity index (χ4n) is 7.06. The van der Waals surface area contributed by atoms with E-state index in [1.54, 1.807) is 32.4 Å². The molecule has 2 aliphatic rings. The second-order valence-electron chi connectivity index (χ2n) is 11.8. The maximum Gasteiger partial charge on any atom is 0.341 e. The van der Waals surface area contributed by atoms with Crippen molar-refractivity contribution < 1.29 is 23.8 Å². The van der Waals surface area contributed by atoms with Crippen molar-refractivity contribution >= 4 is 50.3 Å². The number of nitrogens with zero attached hydrogens (tertiary/aromatic N) is 5. The Morgan fingerprint density at radius 1 is 1.20 bits per heavy atom. The number of anilines is 2. The lowest BCUT2D eigenvalue weighted by molar-refractivity contribution is 0.0694. The summed E-state index contributed by atoms with van der Waals surface area (Å²) in [5.41, 5.74) is 1.89. The third kappa shape index (κ3) is 4.06. The van der Waals surface area contributed by atoms with Gasteiger partial charge < -0.3 is 34.9 Å². The molecule has 0 amide bonds. The average Bonchev–Trinajstić information content (AvgIpc) is 3.70. The zero-order chi connectivity index (χ0) is 31.0. The Labute approximate surface area is 249 Å². The number of aliphatic hydroxyl groups is 1. The molecule has 0 radical (unpaired) electrons.